The Bertz CT molecular complexity index is 465. The molecule has 0 atom stereocenters. The van der Waals surface area contributed by atoms with Crippen LogP contribution in [0.5, 0.6) is 0 Å². The van der Waals surface area contributed by atoms with E-state index >= 15 is 0 Å². The largest absolute Gasteiger partial charge is 0.416 e. The quantitative estimate of drug-likeness (QED) is 0.826. The average Bonchev–Trinajstić information content (AvgIpc) is 2.70. The van der Waals surface area contributed by atoms with E-state index in [0.29, 0.717) is 0 Å². The first-order valence-electron chi connectivity index (χ1n) is 4.21. The summed E-state index contributed by atoms with van der Waals surface area (Å²) in [7, 11) is 0. The third kappa shape index (κ3) is 2.27. The summed E-state index contributed by atoms with van der Waals surface area (Å²) in [5, 5.41) is 8.55. The van der Waals surface area contributed by atoms with Gasteiger partial charge in [-0.1, -0.05) is 0 Å². The van der Waals surface area contributed by atoms with E-state index in [-0.39, 0.29) is 11.8 Å². The van der Waals surface area contributed by atoms with Gasteiger partial charge in [-0.2, -0.15) is 23.3 Å². The Hall–Kier alpha value is -2.12. The number of aromatic nitrogens is 4. The molecule has 84 valence electrons. The van der Waals surface area contributed by atoms with Crippen LogP contribution in [0.1, 0.15) is 5.56 Å². The van der Waals surface area contributed by atoms with Gasteiger partial charge in [0, 0.05) is 6.20 Å². The second-order valence-corrected chi connectivity index (χ2v) is 2.89. The zero-order valence-corrected chi connectivity index (χ0v) is 7.78. The Kier molecular flexibility index (Phi) is 2.47. The minimum Gasteiger partial charge on any atom is -0.309 e. The number of hydrogen-bond donors (Lipinski definition) is 2. The highest BCUT2D eigenvalue weighted by molar-refractivity contribution is 5.48. The highest BCUT2D eigenvalue weighted by Gasteiger charge is 2.30. The fraction of sp³-hybridized carbons (Fsp3) is 0.125. The molecule has 2 aromatic rings. The molecule has 0 saturated heterocycles. The van der Waals surface area contributed by atoms with Crippen molar-refractivity contribution in [2.45, 2.75) is 6.18 Å². The molecule has 2 rings (SSSR count). The first-order valence-corrected chi connectivity index (χ1v) is 4.21. The van der Waals surface area contributed by atoms with Gasteiger partial charge in [-0.05, 0) is 12.1 Å². The van der Waals surface area contributed by atoms with Crippen molar-refractivity contribution in [1.29, 1.82) is 0 Å². The first-order chi connectivity index (χ1) is 7.55. The summed E-state index contributed by atoms with van der Waals surface area (Å²) in [4.78, 5) is 7.43. The highest BCUT2D eigenvalue weighted by Crippen LogP contribution is 2.30. The molecule has 0 aromatic carbocycles. The first kappa shape index (κ1) is 10.4. The Morgan fingerprint density at radius 2 is 2.06 bits per heavy atom. The van der Waals surface area contributed by atoms with E-state index in [1.165, 1.54) is 6.33 Å². The predicted molar refractivity (Wildman–Crippen MR) is 48.9 cm³/mol. The number of hydrogen-bond acceptors (Lipinski definition) is 4. The van der Waals surface area contributed by atoms with Gasteiger partial charge in [-0.3, -0.25) is 0 Å². The van der Waals surface area contributed by atoms with Gasteiger partial charge in [-0.15, -0.1) is 0 Å². The molecular formula is C8H6F3N5. The van der Waals surface area contributed by atoms with Crippen LogP contribution in [-0.2, 0) is 6.18 Å². The maximum Gasteiger partial charge on any atom is 0.416 e. The lowest BCUT2D eigenvalue weighted by Crippen LogP contribution is -2.06. The molecule has 0 unspecified atom stereocenters. The van der Waals surface area contributed by atoms with Crippen LogP contribution in [-0.4, -0.2) is 20.2 Å². The van der Waals surface area contributed by atoms with E-state index in [0.717, 1.165) is 18.3 Å². The van der Waals surface area contributed by atoms with Gasteiger partial charge in [0.2, 0.25) is 5.95 Å². The van der Waals surface area contributed by atoms with E-state index < -0.39 is 11.7 Å². The van der Waals surface area contributed by atoms with Gasteiger partial charge in [0.25, 0.3) is 0 Å². The average molecular weight is 229 g/mol. The zero-order valence-electron chi connectivity index (χ0n) is 7.78. The Morgan fingerprint density at radius 3 is 2.69 bits per heavy atom. The molecule has 0 fully saturated rings. The van der Waals surface area contributed by atoms with Gasteiger partial charge in [0.05, 0.1) is 5.56 Å². The lowest BCUT2D eigenvalue weighted by atomic mass is 10.2. The molecule has 0 aliphatic rings. The SMILES string of the molecule is FC(F)(F)c1ccnc(Nc2ncn[nH]2)c1. The number of H-pyrrole nitrogens is 1. The fourth-order valence-corrected chi connectivity index (χ4v) is 1.06. The van der Waals surface area contributed by atoms with E-state index in [1.807, 2.05) is 0 Å². The second-order valence-electron chi connectivity index (χ2n) is 2.89. The van der Waals surface area contributed by atoms with Crippen LogP contribution in [0.15, 0.2) is 24.7 Å². The molecular weight excluding hydrogens is 223 g/mol. The minimum absolute atomic E-state index is 0.0478. The van der Waals surface area contributed by atoms with Gasteiger partial charge < -0.3 is 5.32 Å². The molecule has 0 radical (unpaired) electrons. The number of halogens is 3. The molecule has 2 aromatic heterocycles. The molecule has 0 saturated carbocycles. The van der Waals surface area contributed by atoms with E-state index in [2.05, 4.69) is 25.5 Å². The molecule has 0 aliphatic carbocycles. The molecule has 0 bridgehead atoms. The summed E-state index contributed by atoms with van der Waals surface area (Å²) < 4.78 is 37.1. The third-order valence-corrected chi connectivity index (χ3v) is 1.75. The fourth-order valence-electron chi connectivity index (χ4n) is 1.06. The summed E-state index contributed by atoms with van der Waals surface area (Å²) >= 11 is 0. The van der Waals surface area contributed by atoms with Crippen molar-refractivity contribution in [3.05, 3.63) is 30.2 Å². The summed E-state index contributed by atoms with van der Waals surface area (Å²) in [6, 6.07) is 1.79. The van der Waals surface area contributed by atoms with Crippen molar-refractivity contribution in [3.63, 3.8) is 0 Å². The summed E-state index contributed by atoms with van der Waals surface area (Å²) in [6.45, 7) is 0. The van der Waals surface area contributed by atoms with Crippen molar-refractivity contribution in [3.8, 4) is 0 Å². The lowest BCUT2D eigenvalue weighted by molar-refractivity contribution is -0.137. The zero-order chi connectivity index (χ0) is 11.6. The van der Waals surface area contributed by atoms with Gasteiger partial charge in [0.15, 0.2) is 0 Å². The molecule has 0 amide bonds. The highest BCUT2D eigenvalue weighted by atomic mass is 19.4. The maximum absolute atomic E-state index is 12.4. The number of rotatable bonds is 2. The van der Waals surface area contributed by atoms with Crippen LogP contribution in [0.25, 0.3) is 0 Å². The molecule has 5 nitrogen and oxygen atoms in total. The normalized spacial score (nSPS) is 11.4. The van der Waals surface area contributed by atoms with Crippen molar-refractivity contribution in [1.82, 2.24) is 20.2 Å². The smallest absolute Gasteiger partial charge is 0.309 e. The van der Waals surface area contributed by atoms with Crippen LogP contribution in [0.2, 0.25) is 0 Å². The van der Waals surface area contributed by atoms with Crippen LogP contribution in [0, 0.1) is 0 Å². The van der Waals surface area contributed by atoms with Gasteiger partial charge >= 0.3 is 6.18 Å². The number of aromatic amines is 1. The van der Waals surface area contributed by atoms with Crippen molar-refractivity contribution in [2.24, 2.45) is 0 Å². The number of anilines is 2. The standard InChI is InChI=1S/C8H6F3N5/c9-8(10,11)5-1-2-12-6(3-5)15-7-13-4-14-16-7/h1-4H,(H2,12,13,14,15,16). The van der Waals surface area contributed by atoms with Crippen LogP contribution in [0.3, 0.4) is 0 Å². The number of alkyl halides is 3. The molecule has 8 heteroatoms. The number of pyridine rings is 1. The molecule has 2 heterocycles. The number of nitrogens with one attached hydrogen (secondary N) is 2. The molecule has 0 aliphatic heterocycles. The maximum atomic E-state index is 12.4. The van der Waals surface area contributed by atoms with Crippen LogP contribution in [0.4, 0.5) is 24.9 Å². The summed E-state index contributed by atoms with van der Waals surface area (Å²) in [5.41, 5.74) is -0.774. The molecule has 0 spiro atoms. The second kappa shape index (κ2) is 3.80. The third-order valence-electron chi connectivity index (χ3n) is 1.75. The molecule has 2 N–H and O–H groups in total. The topological polar surface area (TPSA) is 66.5 Å². The van der Waals surface area contributed by atoms with E-state index in [9.17, 15) is 13.2 Å². The van der Waals surface area contributed by atoms with E-state index in [4.69, 9.17) is 0 Å². The Labute approximate surface area is 87.7 Å². The Balaban J connectivity index is 2.23. The van der Waals surface area contributed by atoms with Gasteiger partial charge in [-0.25, -0.2) is 10.1 Å². The van der Waals surface area contributed by atoms with Crippen molar-refractivity contribution >= 4 is 11.8 Å². The Morgan fingerprint density at radius 1 is 1.25 bits per heavy atom. The van der Waals surface area contributed by atoms with Crippen LogP contribution < -0.4 is 5.32 Å². The summed E-state index contributed by atoms with van der Waals surface area (Å²) in [5.74, 6) is 0.276. The lowest BCUT2D eigenvalue weighted by Gasteiger charge is -2.07. The summed E-state index contributed by atoms with van der Waals surface area (Å²) in [6.07, 6.45) is -2.09. The van der Waals surface area contributed by atoms with Crippen molar-refractivity contribution < 1.29 is 13.2 Å². The van der Waals surface area contributed by atoms with Crippen LogP contribution >= 0.6 is 0 Å². The van der Waals surface area contributed by atoms with Crippen molar-refractivity contribution in [2.75, 3.05) is 5.32 Å². The minimum atomic E-state index is -4.39. The molecule has 16 heavy (non-hydrogen) atoms. The monoisotopic (exact) mass is 229 g/mol. The van der Waals surface area contributed by atoms with E-state index in [1.54, 1.807) is 0 Å². The predicted octanol–water partition coefficient (Wildman–Crippen LogP) is 1.96. The van der Waals surface area contributed by atoms with Gasteiger partial charge in [0.1, 0.15) is 12.1 Å². The number of nitrogens with zero attached hydrogens (tertiary/aromatic N) is 3.